The van der Waals surface area contributed by atoms with Crippen molar-refractivity contribution >= 4 is 11.8 Å². The van der Waals surface area contributed by atoms with Crippen LogP contribution in [0.1, 0.15) is 42.8 Å². The van der Waals surface area contributed by atoms with Gasteiger partial charge in [0.2, 0.25) is 0 Å². The summed E-state index contributed by atoms with van der Waals surface area (Å²) in [6.07, 6.45) is 5.12. The van der Waals surface area contributed by atoms with E-state index in [1.165, 1.54) is 22.7 Å². The number of aliphatic hydroxyl groups excluding tert-OH is 1. The third-order valence-electron chi connectivity index (χ3n) is 3.64. The lowest BCUT2D eigenvalue weighted by molar-refractivity contribution is 0.155. The molecule has 0 aliphatic heterocycles. The lowest BCUT2D eigenvalue weighted by Crippen LogP contribution is -2.16. The Bertz CT molecular complexity index is 386. The molecule has 0 bridgehead atoms. The average molecular weight is 253 g/mol. The van der Waals surface area contributed by atoms with Gasteiger partial charge in [0.05, 0.1) is 6.10 Å². The Hall–Kier alpha value is -0.410. The molecule has 1 N–H and O–H groups in total. The van der Waals surface area contributed by atoms with Crippen molar-refractivity contribution in [1.29, 1.82) is 0 Å². The maximum atomic E-state index is 10.0. The van der Waals surface area contributed by atoms with E-state index >= 15 is 0 Å². The van der Waals surface area contributed by atoms with Crippen LogP contribution in [0, 0.1) is 12.8 Å². The summed E-state index contributed by atoms with van der Waals surface area (Å²) in [4.78, 5) is 0. The molecule has 2 nitrogen and oxygen atoms in total. The van der Waals surface area contributed by atoms with Gasteiger partial charge in [-0.2, -0.15) is 11.8 Å². The van der Waals surface area contributed by atoms with E-state index in [9.17, 15) is 5.11 Å². The van der Waals surface area contributed by atoms with E-state index in [1.54, 1.807) is 0 Å². The number of nitrogens with zero attached hydrogens (tertiary/aromatic N) is 1. The zero-order valence-electron chi connectivity index (χ0n) is 11.1. The molecule has 1 aliphatic rings. The lowest BCUT2D eigenvalue weighted by Gasteiger charge is -2.22. The molecule has 2 rings (SSSR count). The minimum absolute atomic E-state index is 0.227. The summed E-state index contributed by atoms with van der Waals surface area (Å²) in [6.45, 7) is 5.56. The van der Waals surface area contributed by atoms with E-state index in [4.69, 9.17) is 0 Å². The predicted molar refractivity (Wildman–Crippen MR) is 74.6 cm³/mol. The third kappa shape index (κ3) is 2.71. The van der Waals surface area contributed by atoms with Gasteiger partial charge < -0.3 is 9.67 Å². The molecule has 0 amide bonds. The van der Waals surface area contributed by atoms with Crippen molar-refractivity contribution in [3.63, 3.8) is 0 Å². The molecule has 96 valence electrons. The summed E-state index contributed by atoms with van der Waals surface area (Å²) < 4.78 is 2.43. The fourth-order valence-electron chi connectivity index (χ4n) is 2.84. The Morgan fingerprint density at radius 1 is 1.59 bits per heavy atom. The first-order chi connectivity index (χ1) is 8.13. The van der Waals surface area contributed by atoms with Crippen molar-refractivity contribution in [3.8, 4) is 0 Å². The number of aliphatic hydroxyl groups is 1. The van der Waals surface area contributed by atoms with Gasteiger partial charge in [0.1, 0.15) is 0 Å². The summed E-state index contributed by atoms with van der Waals surface area (Å²) >= 11 is 1.91. The number of rotatable bonds is 4. The Morgan fingerprint density at radius 2 is 2.35 bits per heavy atom. The van der Waals surface area contributed by atoms with Crippen molar-refractivity contribution in [2.24, 2.45) is 5.92 Å². The second kappa shape index (κ2) is 5.49. The molecule has 2 unspecified atom stereocenters. The highest BCUT2D eigenvalue weighted by molar-refractivity contribution is 7.98. The average Bonchev–Trinajstić information content (AvgIpc) is 2.58. The molecular weight excluding hydrogens is 230 g/mol. The van der Waals surface area contributed by atoms with Crippen LogP contribution in [0.3, 0.4) is 0 Å². The maximum Gasteiger partial charge on any atom is 0.0807 e. The molecule has 0 aromatic carbocycles. The minimum Gasteiger partial charge on any atom is -0.388 e. The smallest absolute Gasteiger partial charge is 0.0807 e. The molecule has 0 fully saturated rings. The Labute approximate surface area is 108 Å². The van der Waals surface area contributed by atoms with Crippen molar-refractivity contribution in [1.82, 2.24) is 4.57 Å². The SMILES string of the molecule is CSCC(C)Cn1c(C)cc2c1CCCC2O. The van der Waals surface area contributed by atoms with Crippen molar-refractivity contribution in [2.75, 3.05) is 12.0 Å². The zero-order chi connectivity index (χ0) is 12.4. The van der Waals surface area contributed by atoms with Crippen LogP contribution in [0.5, 0.6) is 0 Å². The normalized spacial score (nSPS) is 21.3. The first kappa shape index (κ1) is 13.0. The molecule has 1 aromatic rings. The van der Waals surface area contributed by atoms with Gasteiger partial charge in [-0.05, 0) is 50.2 Å². The van der Waals surface area contributed by atoms with Crippen LogP contribution in [0.15, 0.2) is 6.07 Å². The summed E-state index contributed by atoms with van der Waals surface area (Å²) in [5.74, 6) is 1.90. The molecule has 3 heteroatoms. The molecule has 1 aliphatic carbocycles. The largest absolute Gasteiger partial charge is 0.388 e. The van der Waals surface area contributed by atoms with Crippen LogP contribution >= 0.6 is 11.8 Å². The first-order valence-corrected chi connectivity index (χ1v) is 7.88. The summed E-state index contributed by atoms with van der Waals surface area (Å²) in [5.41, 5.74) is 3.88. The molecule has 0 spiro atoms. The number of hydrogen-bond donors (Lipinski definition) is 1. The minimum atomic E-state index is -0.227. The van der Waals surface area contributed by atoms with Gasteiger partial charge in [-0.15, -0.1) is 0 Å². The standard InChI is InChI=1S/C14H23NOS/c1-10(9-17-3)8-15-11(2)7-12-13(15)5-4-6-14(12)16/h7,10,14,16H,4-6,8-9H2,1-3H3. The Morgan fingerprint density at radius 3 is 3.06 bits per heavy atom. The van der Waals surface area contributed by atoms with E-state index in [0.717, 1.165) is 25.8 Å². The molecule has 17 heavy (non-hydrogen) atoms. The Kier molecular flexibility index (Phi) is 4.21. The summed E-state index contributed by atoms with van der Waals surface area (Å²) in [5, 5.41) is 10.0. The Balaban J connectivity index is 2.22. The first-order valence-electron chi connectivity index (χ1n) is 6.49. The highest BCUT2D eigenvalue weighted by Gasteiger charge is 2.23. The van der Waals surface area contributed by atoms with E-state index < -0.39 is 0 Å². The zero-order valence-corrected chi connectivity index (χ0v) is 11.9. The maximum absolute atomic E-state index is 10.0. The lowest BCUT2D eigenvalue weighted by atomic mass is 9.95. The molecule has 2 atom stereocenters. The van der Waals surface area contributed by atoms with Crippen LogP contribution in [0.25, 0.3) is 0 Å². The van der Waals surface area contributed by atoms with Gasteiger partial charge in [0.15, 0.2) is 0 Å². The third-order valence-corrected chi connectivity index (χ3v) is 4.55. The fraction of sp³-hybridized carbons (Fsp3) is 0.714. The van der Waals surface area contributed by atoms with Crippen LogP contribution in [-0.4, -0.2) is 21.7 Å². The topological polar surface area (TPSA) is 25.2 Å². The van der Waals surface area contributed by atoms with Crippen LogP contribution in [0.2, 0.25) is 0 Å². The van der Waals surface area contributed by atoms with Crippen molar-refractivity contribution in [2.45, 2.75) is 45.8 Å². The monoisotopic (exact) mass is 253 g/mol. The second-order valence-electron chi connectivity index (χ2n) is 5.27. The van der Waals surface area contributed by atoms with E-state index in [0.29, 0.717) is 5.92 Å². The number of aromatic nitrogens is 1. The van der Waals surface area contributed by atoms with Crippen LogP contribution < -0.4 is 0 Å². The molecular formula is C14H23NOS. The summed E-state index contributed by atoms with van der Waals surface area (Å²) in [7, 11) is 0. The molecule has 0 radical (unpaired) electrons. The van der Waals surface area contributed by atoms with Gasteiger partial charge in [0, 0.05) is 23.5 Å². The molecule has 1 heterocycles. The number of fused-ring (bicyclic) bond motifs is 1. The van der Waals surface area contributed by atoms with E-state index in [-0.39, 0.29) is 6.10 Å². The van der Waals surface area contributed by atoms with Crippen molar-refractivity contribution in [3.05, 3.63) is 23.0 Å². The van der Waals surface area contributed by atoms with Gasteiger partial charge in [-0.25, -0.2) is 0 Å². The van der Waals surface area contributed by atoms with Crippen molar-refractivity contribution < 1.29 is 5.11 Å². The summed E-state index contributed by atoms with van der Waals surface area (Å²) in [6, 6.07) is 2.19. The quantitative estimate of drug-likeness (QED) is 0.891. The second-order valence-corrected chi connectivity index (χ2v) is 6.18. The number of hydrogen-bond acceptors (Lipinski definition) is 2. The van der Waals surface area contributed by atoms with Gasteiger partial charge in [0.25, 0.3) is 0 Å². The fourth-order valence-corrected chi connectivity index (χ4v) is 3.52. The molecule has 0 saturated heterocycles. The predicted octanol–water partition coefficient (Wildman–Crippen LogP) is 3.17. The van der Waals surface area contributed by atoms with Gasteiger partial charge in [-0.1, -0.05) is 6.92 Å². The van der Waals surface area contributed by atoms with Gasteiger partial charge in [-0.3, -0.25) is 0 Å². The number of thioether (sulfide) groups is 1. The number of aryl methyl sites for hydroxylation is 1. The van der Waals surface area contributed by atoms with Crippen LogP contribution in [0.4, 0.5) is 0 Å². The van der Waals surface area contributed by atoms with E-state index in [2.05, 4.69) is 30.7 Å². The molecule has 0 saturated carbocycles. The van der Waals surface area contributed by atoms with Crippen LogP contribution in [-0.2, 0) is 13.0 Å². The van der Waals surface area contributed by atoms with Gasteiger partial charge >= 0.3 is 0 Å². The molecule has 1 aromatic heterocycles. The highest BCUT2D eigenvalue weighted by atomic mass is 32.2. The highest BCUT2D eigenvalue weighted by Crippen LogP contribution is 2.32. The van der Waals surface area contributed by atoms with E-state index in [1.807, 2.05) is 11.8 Å².